The van der Waals surface area contributed by atoms with Gasteiger partial charge in [0.2, 0.25) is 0 Å². The van der Waals surface area contributed by atoms with E-state index in [2.05, 4.69) is 124 Å². The molecule has 0 unspecified atom stereocenters. The molecular formula is C28H39NOSi. The van der Waals surface area contributed by atoms with Crippen LogP contribution in [-0.4, -0.2) is 31.4 Å². The summed E-state index contributed by atoms with van der Waals surface area (Å²) < 4.78 is 6.89. The molecule has 3 heteroatoms. The van der Waals surface area contributed by atoms with Crippen LogP contribution >= 0.6 is 0 Å². The van der Waals surface area contributed by atoms with Crippen LogP contribution in [0.15, 0.2) is 79.4 Å². The summed E-state index contributed by atoms with van der Waals surface area (Å²) in [5.74, 6) is 0. The van der Waals surface area contributed by atoms with Crippen LogP contribution in [0.25, 0.3) is 6.08 Å². The fourth-order valence-corrected chi connectivity index (χ4v) is 5.46. The van der Waals surface area contributed by atoms with E-state index in [0.29, 0.717) is 12.1 Å². The van der Waals surface area contributed by atoms with E-state index < -0.39 is 8.32 Å². The second-order valence-electron chi connectivity index (χ2n) is 10.3. The third kappa shape index (κ3) is 6.28. The molecule has 166 valence electrons. The van der Waals surface area contributed by atoms with Gasteiger partial charge in [-0.15, -0.1) is 6.58 Å². The van der Waals surface area contributed by atoms with Crippen LogP contribution in [-0.2, 0) is 11.0 Å². The predicted molar refractivity (Wildman–Crippen MR) is 137 cm³/mol. The predicted octanol–water partition coefficient (Wildman–Crippen LogP) is 7.31. The van der Waals surface area contributed by atoms with E-state index in [1.165, 1.54) is 11.1 Å². The van der Waals surface area contributed by atoms with Gasteiger partial charge in [0.1, 0.15) is 0 Å². The van der Waals surface area contributed by atoms with Crippen LogP contribution in [0, 0.1) is 0 Å². The van der Waals surface area contributed by atoms with Crippen molar-refractivity contribution in [3.63, 3.8) is 0 Å². The lowest BCUT2D eigenvalue weighted by molar-refractivity contribution is 0.0352. The Morgan fingerprint density at radius 3 is 2.13 bits per heavy atom. The van der Waals surface area contributed by atoms with Crippen LogP contribution in [0.5, 0.6) is 0 Å². The van der Waals surface area contributed by atoms with Gasteiger partial charge in [0.05, 0.1) is 0 Å². The van der Waals surface area contributed by atoms with Crippen molar-refractivity contribution in [1.29, 1.82) is 0 Å². The van der Waals surface area contributed by atoms with Gasteiger partial charge in [0.15, 0.2) is 8.32 Å². The maximum absolute atomic E-state index is 6.89. The van der Waals surface area contributed by atoms with Gasteiger partial charge in [-0.1, -0.05) is 99.7 Å². The molecule has 0 saturated carbocycles. The maximum Gasteiger partial charge on any atom is 0.192 e. The van der Waals surface area contributed by atoms with Gasteiger partial charge in [0.25, 0.3) is 0 Å². The second kappa shape index (κ2) is 10.1. The SMILES string of the molecule is C=C[C@H]1C[C@@H](O[Si](C)(C)C(C)(C)C)C[C@@H](/C=C/c2ccccc2)N1Cc1ccccc1. The van der Waals surface area contributed by atoms with Crippen LogP contribution in [0.3, 0.4) is 0 Å². The average Bonchev–Trinajstić information content (AvgIpc) is 2.74. The highest BCUT2D eigenvalue weighted by Gasteiger charge is 2.42. The molecule has 1 aliphatic rings. The fourth-order valence-electron chi connectivity index (χ4n) is 4.08. The van der Waals surface area contributed by atoms with Crippen molar-refractivity contribution in [1.82, 2.24) is 4.90 Å². The van der Waals surface area contributed by atoms with E-state index in [9.17, 15) is 0 Å². The lowest BCUT2D eigenvalue weighted by Gasteiger charge is -2.47. The number of hydrogen-bond donors (Lipinski definition) is 0. The molecule has 1 saturated heterocycles. The number of nitrogens with zero attached hydrogens (tertiary/aromatic N) is 1. The van der Waals surface area contributed by atoms with E-state index in [4.69, 9.17) is 4.43 Å². The summed E-state index contributed by atoms with van der Waals surface area (Å²) in [4.78, 5) is 2.59. The topological polar surface area (TPSA) is 12.5 Å². The molecule has 0 amide bonds. The van der Waals surface area contributed by atoms with Crippen LogP contribution in [0.4, 0.5) is 0 Å². The summed E-state index contributed by atoms with van der Waals surface area (Å²) in [6.07, 6.45) is 9.05. The van der Waals surface area contributed by atoms with Crippen molar-refractivity contribution in [2.75, 3.05) is 0 Å². The van der Waals surface area contributed by atoms with Crippen molar-refractivity contribution in [3.8, 4) is 0 Å². The fraction of sp³-hybridized carbons (Fsp3) is 0.429. The van der Waals surface area contributed by atoms with Gasteiger partial charge in [-0.3, -0.25) is 4.90 Å². The molecule has 2 nitrogen and oxygen atoms in total. The van der Waals surface area contributed by atoms with Gasteiger partial charge in [0, 0.05) is 24.7 Å². The zero-order valence-corrected chi connectivity index (χ0v) is 20.9. The Bertz CT molecular complexity index is 854. The van der Waals surface area contributed by atoms with E-state index in [1.54, 1.807) is 0 Å². The van der Waals surface area contributed by atoms with E-state index in [-0.39, 0.29) is 11.1 Å². The summed E-state index contributed by atoms with van der Waals surface area (Å²) in [5, 5.41) is 0.215. The van der Waals surface area contributed by atoms with Gasteiger partial charge < -0.3 is 4.43 Å². The third-order valence-electron chi connectivity index (χ3n) is 6.92. The summed E-state index contributed by atoms with van der Waals surface area (Å²) in [6, 6.07) is 22.0. The summed E-state index contributed by atoms with van der Waals surface area (Å²) >= 11 is 0. The highest BCUT2D eigenvalue weighted by atomic mass is 28.4. The molecule has 3 rings (SSSR count). The number of piperidine rings is 1. The standard InChI is InChI=1S/C28H39NOSi/c1-7-25-20-27(30-31(5,6)28(2,3)4)21-26(19-18-23-14-10-8-11-15-23)29(25)22-24-16-12-9-13-17-24/h7-19,25-27H,1,20-22H2,2-6H3/b19-18+/t25-,26+,27+/m0/s1. The average molecular weight is 434 g/mol. The smallest absolute Gasteiger partial charge is 0.192 e. The molecule has 0 bridgehead atoms. The van der Waals surface area contributed by atoms with Gasteiger partial charge in [-0.2, -0.15) is 0 Å². The summed E-state index contributed by atoms with van der Waals surface area (Å²) in [5.41, 5.74) is 2.58. The zero-order valence-electron chi connectivity index (χ0n) is 19.9. The molecule has 1 aliphatic heterocycles. The minimum atomic E-state index is -1.82. The molecular weight excluding hydrogens is 394 g/mol. The normalized spacial score (nSPS) is 23.2. The molecule has 3 atom stereocenters. The van der Waals surface area contributed by atoms with Crippen LogP contribution < -0.4 is 0 Å². The molecule has 0 spiro atoms. The van der Waals surface area contributed by atoms with Crippen LogP contribution in [0.2, 0.25) is 18.1 Å². The van der Waals surface area contributed by atoms with Crippen molar-refractivity contribution >= 4 is 14.4 Å². The number of benzene rings is 2. The Balaban J connectivity index is 1.86. The number of likely N-dealkylation sites (tertiary alicyclic amines) is 1. The lowest BCUT2D eigenvalue weighted by Crippen LogP contribution is -2.53. The molecule has 0 aliphatic carbocycles. The first-order chi connectivity index (χ1) is 14.7. The monoisotopic (exact) mass is 433 g/mol. The van der Waals surface area contributed by atoms with Crippen molar-refractivity contribution in [2.45, 2.75) is 76.5 Å². The summed E-state index contributed by atoms with van der Waals surface area (Å²) in [7, 11) is -1.82. The van der Waals surface area contributed by atoms with Gasteiger partial charge in [-0.05, 0) is 42.1 Å². The molecule has 1 fully saturated rings. The van der Waals surface area contributed by atoms with Crippen molar-refractivity contribution in [2.24, 2.45) is 0 Å². The minimum absolute atomic E-state index is 0.215. The molecule has 2 aromatic carbocycles. The quantitative estimate of drug-likeness (QED) is 0.335. The first-order valence-corrected chi connectivity index (χ1v) is 14.4. The van der Waals surface area contributed by atoms with E-state index in [1.807, 2.05) is 0 Å². The molecule has 0 aromatic heterocycles. The van der Waals surface area contributed by atoms with Gasteiger partial charge in [-0.25, -0.2) is 0 Å². The minimum Gasteiger partial charge on any atom is -0.414 e. The number of hydrogen-bond acceptors (Lipinski definition) is 2. The first-order valence-electron chi connectivity index (χ1n) is 11.5. The Kier molecular flexibility index (Phi) is 7.74. The molecule has 1 heterocycles. The van der Waals surface area contributed by atoms with E-state index >= 15 is 0 Å². The van der Waals surface area contributed by atoms with E-state index in [0.717, 1.165) is 19.4 Å². The Morgan fingerprint density at radius 2 is 1.55 bits per heavy atom. The Hall–Kier alpha value is -1.94. The first kappa shape index (κ1) is 23.7. The molecule has 31 heavy (non-hydrogen) atoms. The molecule has 0 radical (unpaired) electrons. The highest BCUT2D eigenvalue weighted by Crippen LogP contribution is 2.40. The third-order valence-corrected chi connectivity index (χ3v) is 11.5. The highest BCUT2D eigenvalue weighted by molar-refractivity contribution is 6.74. The van der Waals surface area contributed by atoms with Gasteiger partial charge >= 0.3 is 0 Å². The zero-order chi connectivity index (χ0) is 22.5. The van der Waals surface area contributed by atoms with Crippen molar-refractivity contribution in [3.05, 3.63) is 90.5 Å². The largest absolute Gasteiger partial charge is 0.414 e. The second-order valence-corrected chi connectivity index (χ2v) is 15.0. The molecule has 0 N–H and O–H groups in total. The van der Waals surface area contributed by atoms with Crippen molar-refractivity contribution < 1.29 is 4.43 Å². The van der Waals surface area contributed by atoms with Crippen LogP contribution in [0.1, 0.15) is 44.7 Å². The summed E-state index contributed by atoms with van der Waals surface area (Å²) in [6.45, 7) is 16.8. The number of rotatable bonds is 7. The molecule has 2 aromatic rings. The maximum atomic E-state index is 6.89. The Labute approximate surface area is 190 Å². The lowest BCUT2D eigenvalue weighted by atomic mass is 9.91. The Morgan fingerprint density at radius 1 is 0.968 bits per heavy atom.